The Morgan fingerprint density at radius 2 is 2.05 bits per heavy atom. The Labute approximate surface area is 129 Å². The van der Waals surface area contributed by atoms with Crippen molar-refractivity contribution in [1.82, 2.24) is 10.2 Å². The van der Waals surface area contributed by atoms with Crippen LogP contribution in [0.5, 0.6) is 0 Å². The van der Waals surface area contributed by atoms with Crippen LogP contribution in [0.1, 0.15) is 51.9 Å². The average Bonchev–Trinajstić information content (AvgIpc) is 2.98. The normalized spacial score (nSPS) is 37.1. The predicted molar refractivity (Wildman–Crippen MR) is 84.6 cm³/mol. The Hall–Kier alpha value is -0.160. The van der Waals surface area contributed by atoms with E-state index in [1.807, 2.05) is 7.11 Å². The first-order valence-corrected chi connectivity index (χ1v) is 8.83. The summed E-state index contributed by atoms with van der Waals surface area (Å²) in [4.78, 5) is 2.71. The number of hydrogen-bond donors (Lipinski definition) is 1. The molecular formula is C17H32N2O2. The summed E-state index contributed by atoms with van der Waals surface area (Å²) in [5, 5.41) is 3.91. The SMILES string of the molecule is CCC1CNC2(CCCCC2)CN1CC1(OC)CCOC1. The van der Waals surface area contributed by atoms with Gasteiger partial charge in [0.25, 0.3) is 0 Å². The van der Waals surface area contributed by atoms with E-state index >= 15 is 0 Å². The van der Waals surface area contributed by atoms with Crippen LogP contribution in [0.2, 0.25) is 0 Å². The zero-order valence-corrected chi connectivity index (χ0v) is 13.8. The summed E-state index contributed by atoms with van der Waals surface area (Å²) in [5.41, 5.74) is 0.304. The molecule has 1 N–H and O–H groups in total. The van der Waals surface area contributed by atoms with Gasteiger partial charge >= 0.3 is 0 Å². The zero-order chi connectivity index (χ0) is 14.8. The van der Waals surface area contributed by atoms with Crippen molar-refractivity contribution in [2.45, 2.75) is 69.1 Å². The fourth-order valence-electron chi connectivity index (χ4n) is 4.50. The topological polar surface area (TPSA) is 33.7 Å². The van der Waals surface area contributed by atoms with Crippen LogP contribution in [0, 0.1) is 0 Å². The Bertz CT molecular complexity index is 336. The lowest BCUT2D eigenvalue weighted by atomic mass is 9.79. The third kappa shape index (κ3) is 3.29. The van der Waals surface area contributed by atoms with Crippen LogP contribution in [-0.4, -0.2) is 62.0 Å². The molecule has 2 unspecified atom stereocenters. The first-order chi connectivity index (χ1) is 10.2. The van der Waals surface area contributed by atoms with Crippen LogP contribution >= 0.6 is 0 Å². The minimum atomic E-state index is -0.0688. The van der Waals surface area contributed by atoms with Crippen LogP contribution in [0.25, 0.3) is 0 Å². The van der Waals surface area contributed by atoms with Crippen LogP contribution in [-0.2, 0) is 9.47 Å². The van der Waals surface area contributed by atoms with E-state index in [0.717, 1.165) is 32.7 Å². The van der Waals surface area contributed by atoms with Crippen LogP contribution in [0.4, 0.5) is 0 Å². The Balaban J connectivity index is 1.70. The molecule has 4 heteroatoms. The van der Waals surface area contributed by atoms with Gasteiger partial charge < -0.3 is 14.8 Å². The maximum Gasteiger partial charge on any atom is 0.106 e. The van der Waals surface area contributed by atoms with E-state index in [9.17, 15) is 0 Å². The molecule has 2 atom stereocenters. The molecule has 4 nitrogen and oxygen atoms in total. The summed E-state index contributed by atoms with van der Waals surface area (Å²) in [6, 6.07) is 0.644. The van der Waals surface area contributed by atoms with Gasteiger partial charge in [-0.15, -0.1) is 0 Å². The second-order valence-corrected chi connectivity index (χ2v) is 7.38. The minimum absolute atomic E-state index is 0.0688. The molecule has 3 fully saturated rings. The first kappa shape index (κ1) is 15.7. The third-order valence-electron chi connectivity index (χ3n) is 6.01. The highest BCUT2D eigenvalue weighted by atomic mass is 16.5. The molecule has 2 heterocycles. The first-order valence-electron chi connectivity index (χ1n) is 8.83. The van der Waals surface area contributed by atoms with Gasteiger partial charge in [0, 0.05) is 51.4 Å². The second kappa shape index (κ2) is 6.53. The molecule has 0 radical (unpaired) electrons. The zero-order valence-electron chi connectivity index (χ0n) is 13.8. The molecule has 0 bridgehead atoms. The summed E-state index contributed by atoms with van der Waals surface area (Å²) in [6.07, 6.45) is 9.12. The maximum atomic E-state index is 5.88. The lowest BCUT2D eigenvalue weighted by molar-refractivity contribution is -0.0649. The van der Waals surface area contributed by atoms with E-state index in [4.69, 9.17) is 9.47 Å². The second-order valence-electron chi connectivity index (χ2n) is 7.38. The van der Waals surface area contributed by atoms with Gasteiger partial charge in [0.2, 0.25) is 0 Å². The molecule has 21 heavy (non-hydrogen) atoms. The smallest absolute Gasteiger partial charge is 0.106 e. The molecule has 3 aliphatic rings. The average molecular weight is 296 g/mol. The number of nitrogens with zero attached hydrogens (tertiary/aromatic N) is 1. The largest absolute Gasteiger partial charge is 0.378 e. The summed E-state index contributed by atoms with van der Waals surface area (Å²) < 4.78 is 11.5. The predicted octanol–water partition coefficient (Wildman–Crippen LogP) is 2.18. The van der Waals surface area contributed by atoms with Gasteiger partial charge in [-0.3, -0.25) is 4.90 Å². The van der Waals surface area contributed by atoms with Crippen LogP contribution in [0.3, 0.4) is 0 Å². The van der Waals surface area contributed by atoms with Crippen molar-refractivity contribution in [3.05, 3.63) is 0 Å². The number of nitrogens with one attached hydrogen (secondary N) is 1. The van der Waals surface area contributed by atoms with Gasteiger partial charge in [0.1, 0.15) is 5.60 Å². The lowest BCUT2D eigenvalue weighted by Crippen LogP contribution is -2.66. The van der Waals surface area contributed by atoms with E-state index < -0.39 is 0 Å². The van der Waals surface area contributed by atoms with Gasteiger partial charge in [-0.2, -0.15) is 0 Å². The molecule has 0 aromatic heterocycles. The number of ether oxygens (including phenoxy) is 2. The van der Waals surface area contributed by atoms with E-state index in [-0.39, 0.29) is 5.60 Å². The fourth-order valence-corrected chi connectivity index (χ4v) is 4.50. The summed E-state index contributed by atoms with van der Waals surface area (Å²) in [6.45, 7) is 7.28. The standard InChI is InChI=1S/C17H32N2O2/c1-3-15-11-18-16(7-5-4-6-8-16)12-19(15)13-17(20-2)9-10-21-14-17/h15,18H,3-14H2,1-2H3. The quantitative estimate of drug-likeness (QED) is 0.862. The number of hydrogen-bond acceptors (Lipinski definition) is 4. The lowest BCUT2D eigenvalue weighted by Gasteiger charge is -2.51. The molecule has 122 valence electrons. The molecular weight excluding hydrogens is 264 g/mol. The monoisotopic (exact) mass is 296 g/mol. The molecule has 2 aliphatic heterocycles. The highest BCUT2D eigenvalue weighted by Crippen LogP contribution is 2.34. The van der Waals surface area contributed by atoms with Crippen molar-refractivity contribution >= 4 is 0 Å². The summed E-state index contributed by atoms with van der Waals surface area (Å²) >= 11 is 0. The molecule has 3 rings (SSSR count). The van der Waals surface area contributed by atoms with Gasteiger partial charge in [-0.25, -0.2) is 0 Å². The van der Waals surface area contributed by atoms with Crippen molar-refractivity contribution in [3.63, 3.8) is 0 Å². The number of rotatable bonds is 4. The van der Waals surface area contributed by atoms with E-state index in [1.165, 1.54) is 45.1 Å². The molecule has 1 spiro atoms. The highest BCUT2D eigenvalue weighted by molar-refractivity contribution is 5.01. The summed E-state index contributed by atoms with van der Waals surface area (Å²) in [7, 11) is 1.86. The van der Waals surface area contributed by atoms with Gasteiger partial charge in [-0.05, 0) is 19.3 Å². The minimum Gasteiger partial charge on any atom is -0.378 e. The van der Waals surface area contributed by atoms with Crippen molar-refractivity contribution in [1.29, 1.82) is 0 Å². The highest BCUT2D eigenvalue weighted by Gasteiger charge is 2.44. The van der Waals surface area contributed by atoms with Crippen molar-refractivity contribution in [2.75, 3.05) is 40.0 Å². The number of methoxy groups -OCH3 is 1. The van der Waals surface area contributed by atoms with Gasteiger partial charge in [0.15, 0.2) is 0 Å². The Kier molecular flexibility index (Phi) is 4.89. The van der Waals surface area contributed by atoms with Crippen LogP contribution in [0.15, 0.2) is 0 Å². The fraction of sp³-hybridized carbons (Fsp3) is 1.00. The number of piperazine rings is 1. The van der Waals surface area contributed by atoms with Crippen molar-refractivity contribution < 1.29 is 9.47 Å². The van der Waals surface area contributed by atoms with E-state index in [0.29, 0.717) is 11.6 Å². The molecule has 1 aliphatic carbocycles. The van der Waals surface area contributed by atoms with Gasteiger partial charge in [0.05, 0.1) is 6.61 Å². The Morgan fingerprint density at radius 3 is 2.67 bits per heavy atom. The Morgan fingerprint density at radius 1 is 1.24 bits per heavy atom. The van der Waals surface area contributed by atoms with Gasteiger partial charge in [-0.1, -0.05) is 26.2 Å². The summed E-state index contributed by atoms with van der Waals surface area (Å²) in [5.74, 6) is 0. The van der Waals surface area contributed by atoms with Crippen molar-refractivity contribution in [2.24, 2.45) is 0 Å². The maximum absolute atomic E-state index is 5.88. The van der Waals surface area contributed by atoms with E-state index in [2.05, 4.69) is 17.1 Å². The molecule has 2 saturated heterocycles. The van der Waals surface area contributed by atoms with Crippen LogP contribution < -0.4 is 5.32 Å². The third-order valence-corrected chi connectivity index (χ3v) is 6.01. The molecule has 1 saturated carbocycles. The molecule has 0 amide bonds. The molecule has 0 aromatic carbocycles. The van der Waals surface area contributed by atoms with Crippen molar-refractivity contribution in [3.8, 4) is 0 Å². The molecule has 0 aromatic rings. The van der Waals surface area contributed by atoms with E-state index in [1.54, 1.807) is 0 Å².